The Morgan fingerprint density at radius 2 is 2.00 bits per heavy atom. The number of carbonyl (C=O) groups excluding carboxylic acids is 1. The molecule has 4 nitrogen and oxygen atoms in total. The molecule has 0 fully saturated rings. The molecule has 0 amide bonds. The number of carbonyl (C=O) groups is 1. The third-order valence-electron chi connectivity index (χ3n) is 4.74. The second-order valence-corrected chi connectivity index (χ2v) is 9.67. The van der Waals surface area contributed by atoms with Gasteiger partial charge in [0, 0.05) is 18.5 Å². The lowest BCUT2D eigenvalue weighted by Gasteiger charge is -2.43. The molecule has 0 saturated carbocycles. The van der Waals surface area contributed by atoms with Crippen LogP contribution < -0.4 is 4.74 Å². The first kappa shape index (κ1) is 15.8. The number of fused-ring (bicyclic) bond motifs is 4. The van der Waals surface area contributed by atoms with Crippen molar-refractivity contribution in [3.05, 3.63) is 52.6 Å². The van der Waals surface area contributed by atoms with Gasteiger partial charge in [-0.05, 0) is 49.6 Å². The number of rotatable bonds is 1. The van der Waals surface area contributed by atoms with E-state index in [1.54, 1.807) is 6.08 Å². The molecule has 3 aliphatic rings. The lowest BCUT2D eigenvalue weighted by atomic mass is 9.86. The second-order valence-electron chi connectivity index (χ2n) is 7.48. The fraction of sp³-hybridized carbons (Fsp3) is 0.421. The number of para-hydroxylation sites is 1. The average molecular weight is 343 g/mol. The molecule has 2 atom stereocenters. The van der Waals surface area contributed by atoms with Crippen molar-refractivity contribution in [1.29, 1.82) is 0 Å². The van der Waals surface area contributed by atoms with Crippen LogP contribution in [0.25, 0.3) is 0 Å². The molecule has 2 aliphatic heterocycles. The summed E-state index contributed by atoms with van der Waals surface area (Å²) in [4.78, 5) is 12.0. The minimum atomic E-state index is -1.18. The molecule has 1 aromatic carbocycles. The van der Waals surface area contributed by atoms with Crippen LogP contribution in [0.1, 0.15) is 38.8 Å². The van der Waals surface area contributed by atoms with Crippen molar-refractivity contribution in [3.8, 4) is 5.75 Å². The molecule has 0 N–H and O–H groups in total. The van der Waals surface area contributed by atoms with Crippen molar-refractivity contribution in [2.75, 3.05) is 13.2 Å². The van der Waals surface area contributed by atoms with Crippen LogP contribution in [-0.4, -0.2) is 32.2 Å². The van der Waals surface area contributed by atoms with Gasteiger partial charge in [-0.3, -0.25) is 4.79 Å². The van der Waals surface area contributed by atoms with Crippen LogP contribution in [0.15, 0.2) is 47.1 Å². The molecule has 24 heavy (non-hydrogen) atoms. The van der Waals surface area contributed by atoms with E-state index in [9.17, 15) is 9.00 Å². The standard InChI is InChI=1S/C19H21NO3S/c1-19(2,3)24(22)20-10-12-8-13(21)9-15(12)16-11-23-17-7-5-4-6-14(17)18(16)20/h4-8,18H,9-11H2,1-3H3/t18-,24-/m1/s1. The van der Waals surface area contributed by atoms with Crippen molar-refractivity contribution >= 4 is 16.8 Å². The molecule has 1 aromatic rings. The number of hydrogen-bond donors (Lipinski definition) is 0. The highest BCUT2D eigenvalue weighted by atomic mass is 32.2. The van der Waals surface area contributed by atoms with Crippen molar-refractivity contribution in [2.45, 2.75) is 38.0 Å². The Balaban J connectivity index is 1.90. The van der Waals surface area contributed by atoms with E-state index in [2.05, 4.69) is 0 Å². The molecule has 0 aromatic heterocycles. The van der Waals surface area contributed by atoms with Crippen LogP contribution in [0.4, 0.5) is 0 Å². The van der Waals surface area contributed by atoms with Gasteiger partial charge in [-0.1, -0.05) is 18.2 Å². The van der Waals surface area contributed by atoms with Crippen LogP contribution >= 0.6 is 0 Å². The first-order valence-electron chi connectivity index (χ1n) is 8.22. The molecular formula is C19H21NO3S. The van der Waals surface area contributed by atoms with Gasteiger partial charge >= 0.3 is 0 Å². The second kappa shape index (κ2) is 5.39. The Morgan fingerprint density at radius 3 is 2.75 bits per heavy atom. The van der Waals surface area contributed by atoms with Gasteiger partial charge in [0.2, 0.25) is 0 Å². The van der Waals surface area contributed by atoms with E-state index >= 15 is 0 Å². The Kier molecular flexibility index (Phi) is 3.55. The fourth-order valence-corrected chi connectivity index (χ4v) is 5.08. The highest BCUT2D eigenvalue weighted by Crippen LogP contribution is 2.48. The largest absolute Gasteiger partial charge is 0.489 e. The van der Waals surface area contributed by atoms with E-state index < -0.39 is 11.0 Å². The van der Waals surface area contributed by atoms with Crippen LogP contribution in [0, 0.1) is 0 Å². The minimum absolute atomic E-state index is 0.0759. The molecule has 126 valence electrons. The maximum Gasteiger partial charge on any atom is 0.160 e. The smallest absolute Gasteiger partial charge is 0.160 e. The van der Waals surface area contributed by atoms with Gasteiger partial charge < -0.3 is 4.74 Å². The molecular weight excluding hydrogens is 322 g/mol. The summed E-state index contributed by atoms with van der Waals surface area (Å²) in [6.07, 6.45) is 2.16. The Bertz CT molecular complexity index is 816. The van der Waals surface area contributed by atoms with E-state index in [1.807, 2.05) is 49.3 Å². The molecule has 2 heterocycles. The summed E-state index contributed by atoms with van der Waals surface area (Å²) in [5.74, 6) is 0.980. The van der Waals surface area contributed by atoms with Gasteiger partial charge in [0.25, 0.3) is 0 Å². The van der Waals surface area contributed by atoms with Crippen LogP contribution in [0.3, 0.4) is 0 Å². The number of nitrogens with zero attached hydrogens (tertiary/aromatic N) is 1. The number of allylic oxidation sites excluding steroid dienone is 1. The lowest BCUT2D eigenvalue weighted by Crippen LogP contribution is -2.45. The van der Waals surface area contributed by atoms with Crippen molar-refractivity contribution in [1.82, 2.24) is 4.31 Å². The highest BCUT2D eigenvalue weighted by Gasteiger charge is 2.44. The van der Waals surface area contributed by atoms with E-state index in [-0.39, 0.29) is 16.6 Å². The zero-order valence-electron chi connectivity index (χ0n) is 14.2. The monoisotopic (exact) mass is 343 g/mol. The molecule has 0 saturated heterocycles. The first-order valence-corrected chi connectivity index (χ1v) is 9.33. The van der Waals surface area contributed by atoms with E-state index in [4.69, 9.17) is 4.74 Å². The summed E-state index contributed by atoms with van der Waals surface area (Å²) in [6.45, 7) is 6.97. The van der Waals surface area contributed by atoms with Crippen molar-refractivity contribution in [2.24, 2.45) is 0 Å². The predicted molar refractivity (Wildman–Crippen MR) is 94.0 cm³/mol. The SMILES string of the molecule is CC(C)(C)[S@@](=O)N1CC2=CC(=O)CC2=C2COc3ccccc3[C@H]21. The van der Waals surface area contributed by atoms with E-state index in [0.29, 0.717) is 19.6 Å². The van der Waals surface area contributed by atoms with Gasteiger partial charge in [-0.15, -0.1) is 0 Å². The van der Waals surface area contributed by atoms with Crippen LogP contribution in [0.2, 0.25) is 0 Å². The summed E-state index contributed by atoms with van der Waals surface area (Å²) in [5.41, 5.74) is 4.24. The van der Waals surface area contributed by atoms with Crippen LogP contribution in [-0.2, 0) is 15.8 Å². The van der Waals surface area contributed by atoms with Gasteiger partial charge in [0.15, 0.2) is 5.78 Å². The normalized spacial score (nSPS) is 24.7. The number of benzene rings is 1. The average Bonchev–Trinajstić information content (AvgIpc) is 2.92. The first-order chi connectivity index (χ1) is 11.4. The Labute approximate surface area is 144 Å². The highest BCUT2D eigenvalue weighted by molar-refractivity contribution is 7.84. The molecule has 4 rings (SSSR count). The van der Waals surface area contributed by atoms with Crippen LogP contribution in [0.5, 0.6) is 5.75 Å². The quantitative estimate of drug-likeness (QED) is 0.787. The molecule has 0 bridgehead atoms. The molecule has 0 spiro atoms. The maximum absolute atomic E-state index is 13.2. The Morgan fingerprint density at radius 1 is 1.25 bits per heavy atom. The topological polar surface area (TPSA) is 46.6 Å². The van der Waals surface area contributed by atoms with E-state index in [1.165, 1.54) is 0 Å². The fourth-order valence-electron chi connectivity index (χ4n) is 3.69. The number of hydrogen-bond acceptors (Lipinski definition) is 3. The summed E-state index contributed by atoms with van der Waals surface area (Å²) >= 11 is 0. The van der Waals surface area contributed by atoms with Gasteiger partial charge in [-0.25, -0.2) is 8.51 Å². The number of ether oxygens (including phenoxy) is 1. The molecule has 1 aliphatic carbocycles. The third kappa shape index (κ3) is 2.38. The van der Waals surface area contributed by atoms with Gasteiger partial charge in [-0.2, -0.15) is 0 Å². The zero-order chi connectivity index (χ0) is 17.1. The summed E-state index contributed by atoms with van der Waals surface area (Å²) in [6, 6.07) is 7.86. The summed E-state index contributed by atoms with van der Waals surface area (Å²) < 4.78 is 20.8. The van der Waals surface area contributed by atoms with Gasteiger partial charge in [0.1, 0.15) is 23.3 Å². The zero-order valence-corrected chi connectivity index (χ0v) is 15.0. The third-order valence-corrected chi connectivity index (χ3v) is 6.55. The summed E-state index contributed by atoms with van der Waals surface area (Å²) in [5, 5.41) is 0. The molecule has 5 heteroatoms. The van der Waals surface area contributed by atoms with Crippen molar-refractivity contribution < 1.29 is 13.7 Å². The van der Waals surface area contributed by atoms with Crippen molar-refractivity contribution in [3.63, 3.8) is 0 Å². The predicted octanol–water partition coefficient (Wildman–Crippen LogP) is 3.09. The maximum atomic E-state index is 13.2. The lowest BCUT2D eigenvalue weighted by molar-refractivity contribution is -0.113. The minimum Gasteiger partial charge on any atom is -0.489 e. The number of ketones is 1. The molecule has 0 radical (unpaired) electrons. The van der Waals surface area contributed by atoms with Gasteiger partial charge in [0.05, 0.1) is 10.8 Å². The van der Waals surface area contributed by atoms with E-state index in [0.717, 1.165) is 28.0 Å². The molecule has 0 unspecified atom stereocenters. The summed E-state index contributed by atoms with van der Waals surface area (Å²) in [7, 11) is -1.18. The Hall–Kier alpha value is -1.72.